The lowest BCUT2D eigenvalue weighted by Crippen LogP contribution is -2.05. The Labute approximate surface area is 282 Å². The minimum absolute atomic E-state index is 0.576. The molecule has 0 amide bonds. The maximum atomic E-state index is 6.98. The van der Waals surface area contributed by atoms with Gasteiger partial charge in [-0.05, 0) is 71.5 Å². The van der Waals surface area contributed by atoms with Gasteiger partial charge in [0.1, 0.15) is 0 Å². The van der Waals surface area contributed by atoms with Crippen molar-refractivity contribution in [1.82, 2.24) is 0 Å². The predicted octanol–water partition coefficient (Wildman–Crippen LogP) is 13.6. The van der Waals surface area contributed by atoms with Crippen molar-refractivity contribution in [3.63, 3.8) is 0 Å². The van der Waals surface area contributed by atoms with Gasteiger partial charge >= 0.3 is 0 Å². The quantitative estimate of drug-likeness (QED) is 0.155. The highest BCUT2D eigenvalue weighted by atomic mass is 35.5. The zero-order valence-electron chi connectivity index (χ0n) is 26.5. The van der Waals surface area contributed by atoms with Crippen molar-refractivity contribution < 1.29 is 0 Å². The summed E-state index contributed by atoms with van der Waals surface area (Å²) in [6, 6.07) is 49.2. The molecule has 4 heteroatoms. The van der Waals surface area contributed by atoms with Crippen LogP contribution in [0.1, 0.15) is 27.7 Å². The van der Waals surface area contributed by atoms with E-state index < -0.39 is 0 Å². The van der Waals surface area contributed by atoms with Gasteiger partial charge in [-0.25, -0.2) is 9.98 Å². The van der Waals surface area contributed by atoms with Gasteiger partial charge in [-0.3, -0.25) is 0 Å². The topological polar surface area (TPSA) is 24.7 Å². The SMILES string of the molecule is CC.CC(=Nc1c(Cl)cc(-c2ccccc2)cc1-c1ccccc1)C(C)=Nc1c(Cl)cc(-c2ccccc2)cc1-c1ccccc1. The number of aliphatic imine (C=N–C) groups is 2. The summed E-state index contributed by atoms with van der Waals surface area (Å²) in [5, 5.41) is 1.15. The van der Waals surface area contributed by atoms with Crippen LogP contribution in [0, 0.1) is 0 Å². The molecule has 0 fully saturated rings. The number of halogens is 2. The highest BCUT2D eigenvalue weighted by molar-refractivity contribution is 6.43. The van der Waals surface area contributed by atoms with Crippen LogP contribution in [-0.2, 0) is 0 Å². The van der Waals surface area contributed by atoms with Gasteiger partial charge in [0.2, 0.25) is 0 Å². The Morgan fingerprint density at radius 1 is 0.391 bits per heavy atom. The lowest BCUT2D eigenvalue weighted by molar-refractivity contribution is 1.46. The molecule has 0 N–H and O–H groups in total. The third kappa shape index (κ3) is 7.54. The summed E-state index contributed by atoms with van der Waals surface area (Å²) < 4.78 is 0. The molecule has 0 atom stereocenters. The van der Waals surface area contributed by atoms with Crippen LogP contribution in [-0.4, -0.2) is 11.4 Å². The number of rotatable bonds is 7. The summed E-state index contributed by atoms with van der Waals surface area (Å²) >= 11 is 14.0. The van der Waals surface area contributed by atoms with Crippen LogP contribution in [0.4, 0.5) is 11.4 Å². The second-order valence-corrected chi connectivity index (χ2v) is 11.4. The van der Waals surface area contributed by atoms with Crippen LogP contribution < -0.4 is 0 Å². The highest BCUT2D eigenvalue weighted by Crippen LogP contribution is 2.42. The molecule has 6 rings (SSSR count). The zero-order valence-corrected chi connectivity index (χ0v) is 28.0. The maximum absolute atomic E-state index is 6.98. The maximum Gasteiger partial charge on any atom is 0.0898 e. The first kappa shape index (κ1) is 32.6. The second-order valence-electron chi connectivity index (χ2n) is 10.6. The Bertz CT molecular complexity index is 1820. The predicted molar refractivity (Wildman–Crippen MR) is 202 cm³/mol. The van der Waals surface area contributed by atoms with E-state index >= 15 is 0 Å². The zero-order chi connectivity index (χ0) is 32.5. The normalized spacial score (nSPS) is 11.5. The first-order valence-electron chi connectivity index (χ1n) is 15.5. The Morgan fingerprint density at radius 2 is 0.674 bits per heavy atom. The molecule has 228 valence electrons. The fraction of sp³-hybridized carbons (Fsp3) is 0.0952. The van der Waals surface area contributed by atoms with E-state index in [2.05, 4.69) is 60.7 Å². The summed E-state index contributed by atoms with van der Waals surface area (Å²) in [5.74, 6) is 0. The van der Waals surface area contributed by atoms with E-state index in [9.17, 15) is 0 Å². The van der Waals surface area contributed by atoms with E-state index in [-0.39, 0.29) is 0 Å². The van der Waals surface area contributed by atoms with E-state index in [0.717, 1.165) is 55.9 Å². The van der Waals surface area contributed by atoms with E-state index in [4.69, 9.17) is 33.2 Å². The van der Waals surface area contributed by atoms with Crippen molar-refractivity contribution in [1.29, 1.82) is 0 Å². The molecule has 46 heavy (non-hydrogen) atoms. The summed E-state index contributed by atoms with van der Waals surface area (Å²) in [6.07, 6.45) is 0. The lowest BCUT2D eigenvalue weighted by atomic mass is 9.97. The molecule has 6 aromatic carbocycles. The molecule has 0 unspecified atom stereocenters. The molecule has 6 aromatic rings. The molecular weight excluding hydrogens is 603 g/mol. The van der Waals surface area contributed by atoms with Crippen molar-refractivity contribution in [2.24, 2.45) is 9.98 Å². The number of benzene rings is 6. The van der Waals surface area contributed by atoms with Crippen molar-refractivity contribution >= 4 is 46.0 Å². The molecule has 0 aliphatic carbocycles. The fourth-order valence-corrected chi connectivity index (χ4v) is 5.72. The summed E-state index contributed by atoms with van der Waals surface area (Å²) in [4.78, 5) is 10.1. The molecule has 0 aliphatic heterocycles. The first-order valence-corrected chi connectivity index (χ1v) is 16.2. The van der Waals surface area contributed by atoms with Crippen molar-refractivity contribution in [2.75, 3.05) is 0 Å². The monoisotopic (exact) mass is 638 g/mol. The van der Waals surface area contributed by atoms with Crippen molar-refractivity contribution in [3.8, 4) is 44.5 Å². The van der Waals surface area contributed by atoms with Gasteiger partial charge in [0.15, 0.2) is 0 Å². The van der Waals surface area contributed by atoms with E-state index in [0.29, 0.717) is 21.4 Å². The van der Waals surface area contributed by atoms with Gasteiger partial charge < -0.3 is 0 Å². The molecule has 0 bridgehead atoms. The minimum atomic E-state index is 0.576. The van der Waals surface area contributed by atoms with Gasteiger partial charge in [0.05, 0.1) is 32.8 Å². The second kappa shape index (κ2) is 15.5. The third-order valence-electron chi connectivity index (χ3n) is 7.59. The Hall–Kier alpha value is -4.76. The van der Waals surface area contributed by atoms with Gasteiger partial charge in [-0.15, -0.1) is 0 Å². The summed E-state index contributed by atoms with van der Waals surface area (Å²) in [6.45, 7) is 7.92. The minimum Gasteiger partial charge on any atom is -0.250 e. The van der Waals surface area contributed by atoms with Crippen LogP contribution in [0.5, 0.6) is 0 Å². The van der Waals surface area contributed by atoms with Crippen LogP contribution in [0.15, 0.2) is 156 Å². The van der Waals surface area contributed by atoms with Gasteiger partial charge in [0.25, 0.3) is 0 Å². The molecule has 0 heterocycles. The number of nitrogens with zero attached hydrogens (tertiary/aromatic N) is 2. The van der Waals surface area contributed by atoms with Crippen LogP contribution in [0.25, 0.3) is 44.5 Å². The number of hydrogen-bond donors (Lipinski definition) is 0. The Morgan fingerprint density at radius 3 is 0.978 bits per heavy atom. The molecular formula is C42H36Cl2N2. The Kier molecular flexibility index (Phi) is 11.0. The molecule has 2 nitrogen and oxygen atoms in total. The van der Waals surface area contributed by atoms with E-state index in [1.54, 1.807) is 0 Å². The van der Waals surface area contributed by atoms with Crippen LogP contribution in [0.2, 0.25) is 10.0 Å². The summed E-state index contributed by atoms with van der Waals surface area (Å²) in [7, 11) is 0. The van der Waals surface area contributed by atoms with E-state index in [1.165, 1.54) is 0 Å². The molecule has 0 spiro atoms. The molecule has 0 saturated heterocycles. The lowest BCUT2D eigenvalue weighted by Gasteiger charge is -2.14. The smallest absolute Gasteiger partial charge is 0.0898 e. The molecule has 0 saturated carbocycles. The molecule has 0 aromatic heterocycles. The van der Waals surface area contributed by atoms with Crippen LogP contribution >= 0.6 is 23.2 Å². The average Bonchev–Trinajstić information content (AvgIpc) is 3.12. The molecule has 0 aliphatic rings. The average molecular weight is 640 g/mol. The Balaban J connectivity index is 0.00000204. The van der Waals surface area contributed by atoms with Crippen molar-refractivity contribution in [3.05, 3.63) is 156 Å². The summed E-state index contributed by atoms with van der Waals surface area (Å²) in [5.41, 5.74) is 11.2. The van der Waals surface area contributed by atoms with Gasteiger partial charge in [-0.1, -0.05) is 158 Å². The fourth-order valence-electron chi connectivity index (χ4n) is 5.19. The van der Waals surface area contributed by atoms with Crippen molar-refractivity contribution in [2.45, 2.75) is 27.7 Å². The standard InChI is InChI=1S/C40H30Cl2N2.C2H6/c1-27(43-39-35(31-19-11-5-12-20-31)23-33(25-37(39)41)29-15-7-3-8-16-29)28(2)44-40-36(32-21-13-6-14-22-32)24-34(26-38(40)42)30-17-9-4-10-18-30;1-2/h3-26H,1-2H3;1-2H3. The van der Waals surface area contributed by atoms with E-state index in [1.807, 2.05) is 113 Å². The number of hydrogen-bond acceptors (Lipinski definition) is 2. The largest absolute Gasteiger partial charge is 0.250 e. The highest BCUT2D eigenvalue weighted by Gasteiger charge is 2.16. The molecule has 0 radical (unpaired) electrons. The van der Waals surface area contributed by atoms with Gasteiger partial charge in [0, 0.05) is 11.1 Å². The third-order valence-corrected chi connectivity index (χ3v) is 8.17. The first-order chi connectivity index (χ1) is 22.5. The van der Waals surface area contributed by atoms with Gasteiger partial charge in [-0.2, -0.15) is 0 Å². The van der Waals surface area contributed by atoms with Crippen LogP contribution in [0.3, 0.4) is 0 Å².